The molecule has 1 amide bonds. The van der Waals surface area contributed by atoms with Crippen molar-refractivity contribution in [2.75, 3.05) is 39.8 Å². The Morgan fingerprint density at radius 1 is 1.31 bits per heavy atom. The van der Waals surface area contributed by atoms with Gasteiger partial charge in [0.05, 0.1) is 10.7 Å². The molecule has 162 valence electrons. The standard InChI is InChI=1S/C21H36N6OS/c1-4-19-24-18(15-29-19)14-27-10-8-16(9-11-27)12-23-21(22-5-2)25-17-6-7-20(28)26(3)13-17/h15-17H,4-14H2,1-3H3,(H2,22,23,25). The van der Waals surface area contributed by atoms with Crippen LogP contribution in [0.4, 0.5) is 0 Å². The van der Waals surface area contributed by atoms with Gasteiger partial charge in [-0.05, 0) is 51.6 Å². The molecule has 2 aliphatic heterocycles. The topological polar surface area (TPSA) is 72.9 Å². The molecule has 0 aliphatic carbocycles. The highest BCUT2D eigenvalue weighted by Gasteiger charge is 2.24. The molecule has 2 saturated heterocycles. The van der Waals surface area contributed by atoms with Crippen molar-refractivity contribution in [3.63, 3.8) is 0 Å². The second kappa shape index (κ2) is 10.9. The van der Waals surface area contributed by atoms with E-state index in [9.17, 15) is 4.79 Å². The summed E-state index contributed by atoms with van der Waals surface area (Å²) in [5.41, 5.74) is 1.22. The number of aliphatic imine (C=N–C) groups is 1. The number of nitrogens with zero attached hydrogens (tertiary/aromatic N) is 4. The smallest absolute Gasteiger partial charge is 0.222 e. The number of carbonyl (C=O) groups is 1. The first-order valence-electron chi connectivity index (χ1n) is 11.0. The van der Waals surface area contributed by atoms with Crippen LogP contribution in [0.3, 0.4) is 0 Å². The van der Waals surface area contributed by atoms with Gasteiger partial charge in [-0.1, -0.05) is 6.92 Å². The van der Waals surface area contributed by atoms with Crippen LogP contribution in [-0.2, 0) is 17.8 Å². The van der Waals surface area contributed by atoms with Gasteiger partial charge < -0.3 is 15.5 Å². The molecule has 0 bridgehead atoms. The van der Waals surface area contributed by atoms with Crippen LogP contribution in [0.5, 0.6) is 0 Å². The van der Waals surface area contributed by atoms with Crippen molar-refractivity contribution in [3.05, 3.63) is 16.1 Å². The number of amides is 1. The first-order chi connectivity index (χ1) is 14.1. The molecule has 3 heterocycles. The van der Waals surface area contributed by atoms with E-state index in [0.29, 0.717) is 12.3 Å². The molecular formula is C21H36N6OS. The van der Waals surface area contributed by atoms with E-state index >= 15 is 0 Å². The molecule has 1 atom stereocenters. The van der Waals surface area contributed by atoms with Crippen molar-refractivity contribution in [1.82, 2.24) is 25.4 Å². The van der Waals surface area contributed by atoms with Gasteiger partial charge in [-0.3, -0.25) is 14.7 Å². The Labute approximate surface area is 179 Å². The van der Waals surface area contributed by atoms with E-state index in [2.05, 4.69) is 34.8 Å². The Morgan fingerprint density at radius 2 is 2.10 bits per heavy atom. The van der Waals surface area contributed by atoms with Crippen LogP contribution in [0.1, 0.15) is 50.2 Å². The third-order valence-electron chi connectivity index (χ3n) is 5.81. The van der Waals surface area contributed by atoms with Gasteiger partial charge in [-0.2, -0.15) is 0 Å². The lowest BCUT2D eigenvalue weighted by molar-refractivity contribution is -0.132. The molecule has 2 aliphatic rings. The van der Waals surface area contributed by atoms with E-state index in [1.54, 1.807) is 11.3 Å². The van der Waals surface area contributed by atoms with Crippen LogP contribution in [0.25, 0.3) is 0 Å². The molecule has 0 radical (unpaired) electrons. The van der Waals surface area contributed by atoms with Gasteiger partial charge in [0.1, 0.15) is 0 Å². The van der Waals surface area contributed by atoms with Crippen molar-refractivity contribution >= 4 is 23.2 Å². The van der Waals surface area contributed by atoms with E-state index in [0.717, 1.165) is 58.1 Å². The number of carbonyl (C=O) groups excluding carboxylic acids is 1. The van der Waals surface area contributed by atoms with Crippen LogP contribution in [0.2, 0.25) is 0 Å². The summed E-state index contributed by atoms with van der Waals surface area (Å²) in [4.78, 5) is 25.6. The normalized spacial score (nSPS) is 22.2. The number of nitrogens with one attached hydrogen (secondary N) is 2. The Balaban J connectivity index is 1.43. The molecule has 2 fully saturated rings. The summed E-state index contributed by atoms with van der Waals surface area (Å²) in [5.74, 6) is 1.76. The van der Waals surface area contributed by atoms with Crippen molar-refractivity contribution in [1.29, 1.82) is 0 Å². The molecule has 3 rings (SSSR count). The molecule has 0 spiro atoms. The zero-order valence-electron chi connectivity index (χ0n) is 18.1. The summed E-state index contributed by atoms with van der Waals surface area (Å²) < 4.78 is 0. The molecule has 7 nitrogen and oxygen atoms in total. The van der Waals surface area contributed by atoms with Crippen LogP contribution in [-0.4, -0.2) is 72.5 Å². The summed E-state index contributed by atoms with van der Waals surface area (Å²) >= 11 is 1.78. The minimum Gasteiger partial charge on any atom is -0.357 e. The van der Waals surface area contributed by atoms with Crippen molar-refractivity contribution in [2.24, 2.45) is 10.9 Å². The largest absolute Gasteiger partial charge is 0.357 e. The minimum absolute atomic E-state index is 0.236. The molecular weight excluding hydrogens is 384 g/mol. The van der Waals surface area contributed by atoms with Crippen LogP contribution in [0.15, 0.2) is 10.4 Å². The van der Waals surface area contributed by atoms with Crippen LogP contribution in [0, 0.1) is 5.92 Å². The maximum absolute atomic E-state index is 11.7. The SMILES string of the molecule is CCNC(=NCC1CCN(Cc2csc(CC)n2)CC1)NC1CCC(=O)N(C)C1. The quantitative estimate of drug-likeness (QED) is 0.522. The zero-order valence-corrected chi connectivity index (χ0v) is 18.9. The highest BCUT2D eigenvalue weighted by atomic mass is 32.1. The van der Waals surface area contributed by atoms with Crippen molar-refractivity contribution in [3.8, 4) is 0 Å². The number of piperidine rings is 2. The molecule has 29 heavy (non-hydrogen) atoms. The predicted molar refractivity (Wildman–Crippen MR) is 119 cm³/mol. The lowest BCUT2D eigenvalue weighted by Crippen LogP contribution is -2.51. The van der Waals surface area contributed by atoms with Crippen LogP contribution >= 0.6 is 11.3 Å². The van der Waals surface area contributed by atoms with Gasteiger partial charge in [0.25, 0.3) is 0 Å². The van der Waals surface area contributed by atoms with E-state index < -0.39 is 0 Å². The minimum atomic E-state index is 0.236. The predicted octanol–water partition coefficient (Wildman–Crippen LogP) is 2.09. The fraction of sp³-hybridized carbons (Fsp3) is 0.762. The summed E-state index contributed by atoms with van der Waals surface area (Å²) in [6.45, 7) is 9.94. The average molecular weight is 421 g/mol. The molecule has 0 saturated carbocycles. The maximum Gasteiger partial charge on any atom is 0.222 e. The number of rotatable bonds is 7. The first-order valence-corrected chi connectivity index (χ1v) is 11.9. The Kier molecular flexibility index (Phi) is 8.29. The number of aryl methyl sites for hydroxylation is 1. The third-order valence-corrected chi connectivity index (χ3v) is 6.86. The first kappa shape index (κ1) is 22.0. The third kappa shape index (κ3) is 6.67. The number of guanidine groups is 1. The van der Waals surface area contributed by atoms with E-state index in [1.807, 2.05) is 11.9 Å². The average Bonchev–Trinajstić information content (AvgIpc) is 3.18. The maximum atomic E-state index is 11.7. The monoisotopic (exact) mass is 420 g/mol. The Morgan fingerprint density at radius 3 is 2.76 bits per heavy atom. The fourth-order valence-corrected chi connectivity index (χ4v) is 4.74. The van der Waals surface area contributed by atoms with Crippen molar-refractivity contribution < 1.29 is 4.79 Å². The number of thiazole rings is 1. The van der Waals surface area contributed by atoms with Gasteiger partial charge in [-0.25, -0.2) is 4.98 Å². The summed E-state index contributed by atoms with van der Waals surface area (Å²) in [7, 11) is 1.88. The second-order valence-electron chi connectivity index (χ2n) is 8.18. The van der Waals surface area contributed by atoms with Gasteiger partial charge in [0.2, 0.25) is 5.91 Å². The number of aromatic nitrogens is 1. The molecule has 1 unspecified atom stereocenters. The lowest BCUT2D eigenvalue weighted by Gasteiger charge is -2.32. The Bertz CT molecular complexity index is 682. The number of hydrogen-bond acceptors (Lipinski definition) is 5. The van der Waals surface area contributed by atoms with Crippen LogP contribution < -0.4 is 10.6 Å². The number of likely N-dealkylation sites (N-methyl/N-ethyl adjacent to an activating group) is 1. The second-order valence-corrected chi connectivity index (χ2v) is 9.12. The van der Waals surface area contributed by atoms with E-state index in [-0.39, 0.29) is 11.9 Å². The molecule has 1 aromatic heterocycles. The Hall–Kier alpha value is -1.67. The summed E-state index contributed by atoms with van der Waals surface area (Å²) in [6.07, 6.45) is 4.90. The van der Waals surface area contributed by atoms with Crippen molar-refractivity contribution in [2.45, 2.75) is 58.5 Å². The highest BCUT2D eigenvalue weighted by molar-refractivity contribution is 7.09. The van der Waals surface area contributed by atoms with E-state index in [1.165, 1.54) is 23.5 Å². The molecule has 2 N–H and O–H groups in total. The highest BCUT2D eigenvalue weighted by Crippen LogP contribution is 2.20. The van der Waals surface area contributed by atoms with Gasteiger partial charge in [0.15, 0.2) is 5.96 Å². The fourth-order valence-electron chi connectivity index (χ4n) is 4.00. The zero-order chi connectivity index (χ0) is 20.6. The number of likely N-dealkylation sites (tertiary alicyclic amines) is 2. The number of hydrogen-bond donors (Lipinski definition) is 2. The van der Waals surface area contributed by atoms with E-state index in [4.69, 9.17) is 9.98 Å². The molecule has 8 heteroatoms. The van der Waals surface area contributed by atoms with Gasteiger partial charge >= 0.3 is 0 Å². The van der Waals surface area contributed by atoms with Gasteiger partial charge in [-0.15, -0.1) is 11.3 Å². The molecule has 0 aromatic carbocycles. The summed E-state index contributed by atoms with van der Waals surface area (Å²) in [6, 6.07) is 0.281. The van der Waals surface area contributed by atoms with Gasteiger partial charge in [0, 0.05) is 51.1 Å². The molecule has 1 aromatic rings. The summed E-state index contributed by atoms with van der Waals surface area (Å²) in [5, 5.41) is 10.3. The lowest BCUT2D eigenvalue weighted by atomic mass is 9.97.